The molecule has 21 heavy (non-hydrogen) atoms. The number of anilines is 1. The van der Waals surface area contributed by atoms with Gasteiger partial charge in [-0.05, 0) is 31.5 Å². The summed E-state index contributed by atoms with van der Waals surface area (Å²) < 4.78 is 31.7. The van der Waals surface area contributed by atoms with Crippen LogP contribution in [0.15, 0.2) is 23.1 Å². The van der Waals surface area contributed by atoms with Gasteiger partial charge in [0.1, 0.15) is 0 Å². The average Bonchev–Trinajstić information content (AvgIpc) is 2.40. The first-order valence-corrected chi connectivity index (χ1v) is 8.37. The summed E-state index contributed by atoms with van der Waals surface area (Å²) in [4.78, 5) is 11.0. The minimum absolute atomic E-state index is 0.0537. The molecule has 1 amide bonds. The van der Waals surface area contributed by atoms with Crippen molar-refractivity contribution in [2.45, 2.75) is 25.2 Å². The van der Waals surface area contributed by atoms with E-state index in [-0.39, 0.29) is 22.4 Å². The number of hydrogen-bond acceptors (Lipinski definition) is 4. The highest BCUT2D eigenvalue weighted by atomic mass is 35.5. The number of ether oxygens (including phenoxy) is 1. The van der Waals surface area contributed by atoms with E-state index in [1.165, 1.54) is 25.1 Å². The molecule has 1 aromatic rings. The van der Waals surface area contributed by atoms with E-state index < -0.39 is 10.0 Å². The minimum Gasteiger partial charge on any atom is -0.382 e. The van der Waals surface area contributed by atoms with Crippen LogP contribution >= 0.6 is 11.6 Å². The zero-order valence-electron chi connectivity index (χ0n) is 12.0. The first-order valence-electron chi connectivity index (χ1n) is 6.51. The Kier molecular flexibility index (Phi) is 7.10. The van der Waals surface area contributed by atoms with Crippen LogP contribution in [-0.4, -0.2) is 34.1 Å². The Morgan fingerprint density at radius 2 is 2.10 bits per heavy atom. The number of rotatable bonds is 8. The van der Waals surface area contributed by atoms with Gasteiger partial charge < -0.3 is 10.1 Å². The van der Waals surface area contributed by atoms with E-state index in [1.54, 1.807) is 0 Å². The fourth-order valence-corrected chi connectivity index (χ4v) is 2.95. The molecule has 118 valence electrons. The smallest absolute Gasteiger partial charge is 0.240 e. The minimum atomic E-state index is -3.62. The largest absolute Gasteiger partial charge is 0.382 e. The Hall–Kier alpha value is -1.15. The first-order chi connectivity index (χ1) is 9.86. The van der Waals surface area contributed by atoms with Crippen LogP contribution in [0.1, 0.15) is 20.3 Å². The summed E-state index contributed by atoms with van der Waals surface area (Å²) in [6.07, 6.45) is 0.588. The molecule has 8 heteroatoms. The predicted octanol–water partition coefficient (Wildman–Crippen LogP) is 2.00. The van der Waals surface area contributed by atoms with Gasteiger partial charge in [-0.1, -0.05) is 11.6 Å². The standard InChI is InChI=1S/C13H19ClN2O4S/c1-3-20-8-4-7-15-21(18,19)11-5-6-13(12(14)9-11)16-10(2)17/h5-6,9,15H,3-4,7-8H2,1-2H3,(H,16,17). The molecular formula is C13H19ClN2O4S. The molecule has 0 spiro atoms. The Labute approximate surface area is 129 Å². The number of hydrogen-bond donors (Lipinski definition) is 2. The number of carbonyl (C=O) groups excluding carboxylic acids is 1. The van der Waals surface area contributed by atoms with E-state index >= 15 is 0 Å². The topological polar surface area (TPSA) is 84.5 Å². The number of benzene rings is 1. The lowest BCUT2D eigenvalue weighted by Gasteiger charge is -2.09. The fraction of sp³-hybridized carbons (Fsp3) is 0.462. The number of amides is 1. The molecule has 0 aliphatic rings. The summed E-state index contributed by atoms with van der Waals surface area (Å²) in [7, 11) is -3.62. The van der Waals surface area contributed by atoms with Crippen LogP contribution in [0.3, 0.4) is 0 Å². The Morgan fingerprint density at radius 3 is 2.67 bits per heavy atom. The molecule has 0 heterocycles. The summed E-state index contributed by atoms with van der Waals surface area (Å²) >= 11 is 5.96. The molecule has 0 saturated heterocycles. The van der Waals surface area contributed by atoms with E-state index in [0.717, 1.165) is 0 Å². The Bertz CT molecular complexity index is 590. The van der Waals surface area contributed by atoms with E-state index in [1.807, 2.05) is 6.92 Å². The zero-order valence-corrected chi connectivity index (χ0v) is 13.6. The molecule has 0 aliphatic heterocycles. The number of nitrogens with one attached hydrogen (secondary N) is 2. The van der Waals surface area contributed by atoms with Crippen molar-refractivity contribution in [2.75, 3.05) is 25.1 Å². The Morgan fingerprint density at radius 1 is 1.38 bits per heavy atom. The summed E-state index contributed by atoms with van der Waals surface area (Å²) in [6.45, 7) is 4.62. The molecule has 0 aliphatic carbocycles. The van der Waals surface area contributed by atoms with E-state index in [9.17, 15) is 13.2 Å². The van der Waals surface area contributed by atoms with Crippen molar-refractivity contribution in [2.24, 2.45) is 0 Å². The summed E-state index contributed by atoms with van der Waals surface area (Å²) in [5, 5.41) is 2.68. The van der Waals surface area contributed by atoms with E-state index in [0.29, 0.717) is 25.3 Å². The van der Waals surface area contributed by atoms with Crippen LogP contribution < -0.4 is 10.0 Å². The lowest BCUT2D eigenvalue weighted by atomic mass is 10.3. The second-order valence-electron chi connectivity index (χ2n) is 4.27. The molecule has 0 fully saturated rings. The summed E-state index contributed by atoms with van der Waals surface area (Å²) in [5.41, 5.74) is 0.375. The van der Waals surface area contributed by atoms with Gasteiger partial charge in [0.05, 0.1) is 15.6 Å². The number of carbonyl (C=O) groups is 1. The van der Waals surface area contributed by atoms with Crippen molar-refractivity contribution >= 4 is 33.2 Å². The van der Waals surface area contributed by atoms with Crippen molar-refractivity contribution in [3.8, 4) is 0 Å². The third-order valence-electron chi connectivity index (χ3n) is 2.52. The highest BCUT2D eigenvalue weighted by molar-refractivity contribution is 7.89. The summed E-state index contributed by atoms with van der Waals surface area (Å²) in [6, 6.07) is 4.15. The van der Waals surface area contributed by atoms with Crippen molar-refractivity contribution in [3.63, 3.8) is 0 Å². The lowest BCUT2D eigenvalue weighted by Crippen LogP contribution is -2.25. The fourth-order valence-electron chi connectivity index (χ4n) is 1.56. The third-order valence-corrected chi connectivity index (χ3v) is 4.29. The monoisotopic (exact) mass is 334 g/mol. The normalized spacial score (nSPS) is 11.4. The van der Waals surface area contributed by atoms with Crippen LogP contribution in [0, 0.1) is 0 Å². The molecule has 0 atom stereocenters. The second-order valence-corrected chi connectivity index (χ2v) is 6.45. The molecule has 0 unspecified atom stereocenters. The van der Waals surface area contributed by atoms with Gasteiger partial charge in [-0.15, -0.1) is 0 Å². The van der Waals surface area contributed by atoms with Crippen molar-refractivity contribution in [1.82, 2.24) is 4.72 Å². The second kappa shape index (κ2) is 8.33. The van der Waals surface area contributed by atoms with Crippen LogP contribution in [0.25, 0.3) is 0 Å². The van der Waals surface area contributed by atoms with Crippen molar-refractivity contribution < 1.29 is 17.9 Å². The molecule has 2 N–H and O–H groups in total. The molecule has 6 nitrogen and oxygen atoms in total. The lowest BCUT2D eigenvalue weighted by molar-refractivity contribution is -0.114. The molecule has 0 saturated carbocycles. The van der Waals surface area contributed by atoms with Crippen molar-refractivity contribution in [1.29, 1.82) is 0 Å². The zero-order chi connectivity index (χ0) is 15.9. The van der Waals surface area contributed by atoms with Gasteiger partial charge >= 0.3 is 0 Å². The van der Waals surface area contributed by atoms with Gasteiger partial charge in [-0.25, -0.2) is 13.1 Å². The van der Waals surface area contributed by atoms with Gasteiger partial charge in [0.15, 0.2) is 0 Å². The van der Waals surface area contributed by atoms with Gasteiger partial charge in [0.2, 0.25) is 15.9 Å². The summed E-state index contributed by atoms with van der Waals surface area (Å²) in [5.74, 6) is -0.276. The molecular weight excluding hydrogens is 316 g/mol. The quantitative estimate of drug-likeness (QED) is 0.712. The maximum atomic E-state index is 12.1. The molecule has 1 aromatic carbocycles. The highest BCUT2D eigenvalue weighted by Crippen LogP contribution is 2.25. The van der Waals surface area contributed by atoms with Crippen molar-refractivity contribution in [3.05, 3.63) is 23.2 Å². The van der Waals surface area contributed by atoms with Crippen LogP contribution in [-0.2, 0) is 19.6 Å². The number of sulfonamides is 1. The maximum absolute atomic E-state index is 12.1. The van der Waals surface area contributed by atoms with Crippen LogP contribution in [0.4, 0.5) is 5.69 Å². The predicted molar refractivity (Wildman–Crippen MR) is 82.1 cm³/mol. The van der Waals surface area contributed by atoms with E-state index in [2.05, 4.69) is 10.0 Å². The Balaban J connectivity index is 2.70. The van der Waals surface area contributed by atoms with Gasteiger partial charge in [0, 0.05) is 26.7 Å². The first kappa shape index (κ1) is 17.9. The van der Waals surface area contributed by atoms with Gasteiger partial charge in [-0.2, -0.15) is 0 Å². The SMILES string of the molecule is CCOCCCNS(=O)(=O)c1ccc(NC(C)=O)c(Cl)c1. The molecule has 1 rings (SSSR count). The average molecular weight is 335 g/mol. The van der Waals surface area contributed by atoms with E-state index in [4.69, 9.17) is 16.3 Å². The molecule has 0 aromatic heterocycles. The molecule has 0 radical (unpaired) electrons. The maximum Gasteiger partial charge on any atom is 0.240 e. The molecule has 0 bridgehead atoms. The van der Waals surface area contributed by atoms with Crippen LogP contribution in [0.2, 0.25) is 5.02 Å². The van der Waals surface area contributed by atoms with Gasteiger partial charge in [0.25, 0.3) is 0 Å². The highest BCUT2D eigenvalue weighted by Gasteiger charge is 2.15. The van der Waals surface area contributed by atoms with Crippen LogP contribution in [0.5, 0.6) is 0 Å². The van der Waals surface area contributed by atoms with Gasteiger partial charge in [-0.3, -0.25) is 4.79 Å². The number of halogens is 1. The third kappa shape index (κ3) is 6.01.